The third-order valence-electron chi connectivity index (χ3n) is 21.4. The lowest BCUT2D eigenvalue weighted by atomic mass is 9.83. The molecule has 0 bridgehead atoms. The number of nitrogens with zero attached hydrogens (tertiary/aromatic N) is 7. The van der Waals surface area contributed by atoms with Gasteiger partial charge in [-0.05, 0) is 190 Å². The Balaban J connectivity index is 0.000000193. The number of rotatable bonds is 15. The fraction of sp³-hybridized carbons (Fsp3) is 0.400. The van der Waals surface area contributed by atoms with Crippen molar-refractivity contribution in [3.05, 3.63) is 301 Å². The molecule has 590 valence electrons. The molecule has 0 N–H and O–H groups in total. The molecule has 0 unspecified atom stereocenters. The second-order valence-electron chi connectivity index (χ2n) is 34.0. The van der Waals surface area contributed by atoms with Crippen LogP contribution in [0, 0.1) is 62.1 Å². The van der Waals surface area contributed by atoms with E-state index in [-0.39, 0.29) is 5.41 Å². The van der Waals surface area contributed by atoms with Crippen LogP contribution in [0.25, 0.3) is 67.9 Å². The summed E-state index contributed by atoms with van der Waals surface area (Å²) in [5.41, 5.74) is 29.4. The number of hydrogen-bond acceptors (Lipinski definition) is 0. The van der Waals surface area contributed by atoms with Gasteiger partial charge in [0.05, 0.1) is 25.2 Å². The van der Waals surface area contributed by atoms with Gasteiger partial charge >= 0.3 is 0 Å². The van der Waals surface area contributed by atoms with Gasteiger partial charge in [0.1, 0.15) is 57.3 Å². The zero-order chi connectivity index (χ0) is 93.1. The molecule has 0 fully saturated rings. The van der Waals surface area contributed by atoms with Crippen molar-refractivity contribution in [2.45, 2.75) is 246 Å². The van der Waals surface area contributed by atoms with Crippen LogP contribution in [0.4, 0.5) is 0 Å². The van der Waals surface area contributed by atoms with E-state index in [0.717, 1.165) is 78.5 Å². The van der Waals surface area contributed by atoms with E-state index in [1.54, 1.807) is 24.3 Å². The van der Waals surface area contributed by atoms with Crippen LogP contribution >= 0.6 is 0 Å². The van der Waals surface area contributed by atoms with Crippen LogP contribution in [0.15, 0.2) is 201 Å². The van der Waals surface area contributed by atoms with Gasteiger partial charge < -0.3 is 0 Å². The van der Waals surface area contributed by atoms with Crippen molar-refractivity contribution >= 4 is 0 Å². The SMILES string of the molecule is Cc1ccc(-c2cc(C(C)C)c(C(C)C)c[n+]2C)c(C)c1.Cc1ccccc1-c1n(-c2c(C(C)C)cccc2C(C)C)cc[n+]1C.[2H]C(C)(C)c1cccc(C([2H])(C)C)c1-n1cc[n+](C)c1-c1ccccc1C.[2H]C([2H])([2H])c1ccc(-c2cc(C([2H])(C)C)c(C([2H])(C)C)c[n+]2C)c(C)c1.[2H]C([2H])c1c[n+](C)c(-c2ccc(C([2H])([2H])[2H])cc2C)cc1C(C)(C)C. The smallest absolute Gasteiger partial charge is 0.232 e. The third-order valence-corrected chi connectivity index (χ3v) is 21.4. The van der Waals surface area contributed by atoms with Crippen LogP contribution in [0.2, 0.25) is 0 Å². The predicted molar refractivity (Wildman–Crippen MR) is 478 cm³/mol. The quantitative estimate of drug-likeness (QED) is 0.0916. The van der Waals surface area contributed by atoms with E-state index in [4.69, 9.17) is 16.4 Å². The van der Waals surface area contributed by atoms with Crippen molar-refractivity contribution in [2.75, 3.05) is 0 Å². The molecule has 0 aliphatic rings. The lowest BCUT2D eigenvalue weighted by Crippen LogP contribution is -2.33. The third kappa shape index (κ3) is 20.6. The zero-order valence-corrected chi connectivity index (χ0v) is 73.6. The van der Waals surface area contributed by atoms with Gasteiger partial charge in [-0.3, -0.25) is 0 Å². The Kier molecular flexibility index (Phi) is 24.1. The van der Waals surface area contributed by atoms with Gasteiger partial charge in [-0.15, -0.1) is 0 Å². The molecule has 112 heavy (non-hydrogen) atoms. The number of pyridine rings is 3. The summed E-state index contributed by atoms with van der Waals surface area (Å²) < 4.78 is 111. The van der Waals surface area contributed by atoms with Crippen molar-refractivity contribution in [1.29, 1.82) is 0 Å². The first-order valence-electron chi connectivity index (χ1n) is 46.1. The van der Waals surface area contributed by atoms with Crippen molar-refractivity contribution in [1.82, 2.24) is 9.13 Å². The lowest BCUT2D eigenvalue weighted by molar-refractivity contribution is -0.661. The molecule has 0 spiro atoms. The van der Waals surface area contributed by atoms with Crippen molar-refractivity contribution in [2.24, 2.45) is 35.2 Å². The maximum atomic E-state index is 8.71. The summed E-state index contributed by atoms with van der Waals surface area (Å²) >= 11 is 0. The first-order valence-corrected chi connectivity index (χ1v) is 40.0. The van der Waals surface area contributed by atoms with Crippen molar-refractivity contribution < 1.29 is 39.3 Å². The highest BCUT2D eigenvalue weighted by Crippen LogP contribution is 2.39. The highest BCUT2D eigenvalue weighted by Gasteiger charge is 2.31. The Bertz CT molecular complexity index is 5700. The molecule has 0 atom stereocenters. The molecule has 7 heteroatoms. The van der Waals surface area contributed by atoms with Gasteiger partial charge in [-0.1, -0.05) is 257 Å². The first kappa shape index (κ1) is 71.4. The molecule has 5 aromatic heterocycles. The van der Waals surface area contributed by atoms with Gasteiger partial charge in [0.25, 0.3) is 11.6 Å². The maximum absolute atomic E-state index is 8.71. The minimum absolute atomic E-state index is 0.189. The Morgan fingerprint density at radius 2 is 0.661 bits per heavy atom. The molecule has 0 amide bonds. The topological polar surface area (TPSA) is 29.3 Å². The molecule has 12 aromatic rings. The van der Waals surface area contributed by atoms with Crippen LogP contribution in [0.5, 0.6) is 0 Å². The zero-order valence-electron chi connectivity index (χ0n) is 85.6. The minimum atomic E-state index is -2.13. The van der Waals surface area contributed by atoms with Crippen molar-refractivity contribution in [3.63, 3.8) is 0 Å². The lowest BCUT2D eigenvalue weighted by Gasteiger charge is -2.21. The molecular weight excluding hydrogens is 1360 g/mol. The summed E-state index contributed by atoms with van der Waals surface area (Å²) in [6, 6.07) is 53.2. The monoisotopic (exact) mass is 1510 g/mol. The highest BCUT2D eigenvalue weighted by molar-refractivity contribution is 5.68. The number of aromatic nitrogens is 7. The molecule has 12 rings (SSSR count). The Labute approximate surface area is 695 Å². The maximum Gasteiger partial charge on any atom is 0.294 e. The molecule has 0 saturated carbocycles. The Morgan fingerprint density at radius 1 is 0.312 bits per heavy atom. The van der Waals surface area contributed by atoms with Crippen LogP contribution in [0.1, 0.15) is 295 Å². The largest absolute Gasteiger partial charge is 0.294 e. The average molecular weight is 1510 g/mol. The summed E-state index contributed by atoms with van der Waals surface area (Å²) in [6.45, 7) is 46.6. The first-order chi connectivity index (χ1) is 57.2. The molecule has 7 aromatic carbocycles. The summed E-state index contributed by atoms with van der Waals surface area (Å²) in [5.74, 6) is 1.13. The standard InChI is InChI=1S/2C23H29N2.2C20H28N.C19H26N/c2*1-16(2)19-12-9-13-20(17(3)4)22(19)25-15-14-24(6)23(25)21-11-8-7-10-18(21)5;2*1-13(2)18-11-20(21(7)12-19(18)14(3)4)17-9-8-15(5)10-16(17)6;1-13-8-9-16(14(2)10-13)18-11-17(19(4,5)6)15(3)12-20(18)7/h2*7-17H,1-6H3;2*8-14H,1-7H3;8-12H,1-7H3/q5*+1/i16D,17D;;5D3,13D,14D;;1D3,3D2. The van der Waals surface area contributed by atoms with Gasteiger partial charge in [-0.2, -0.15) is 9.13 Å². The fourth-order valence-corrected chi connectivity index (χ4v) is 15.3. The Morgan fingerprint density at radius 3 is 1.03 bits per heavy atom. The number of para-hydroxylation sites is 2. The number of hydrogen-bond donors (Lipinski definition) is 0. The van der Waals surface area contributed by atoms with Crippen LogP contribution in [-0.2, 0) is 40.7 Å². The van der Waals surface area contributed by atoms with Crippen LogP contribution < -0.4 is 22.8 Å². The molecular formula is C105H140N7+5. The van der Waals surface area contributed by atoms with Gasteiger partial charge in [0.15, 0.2) is 18.6 Å². The average Bonchev–Trinajstić information content (AvgIpc) is 1.47. The summed E-state index contributed by atoms with van der Waals surface area (Å²) in [5, 5.41) is 0. The number of benzene rings is 7. The van der Waals surface area contributed by atoms with Crippen LogP contribution in [0.3, 0.4) is 0 Å². The van der Waals surface area contributed by atoms with Gasteiger partial charge in [0.2, 0.25) is 17.1 Å². The normalized spacial score (nSPS) is 13.7. The summed E-state index contributed by atoms with van der Waals surface area (Å²) in [6.07, 6.45) is 14.5. The van der Waals surface area contributed by atoms with Crippen molar-refractivity contribution in [3.8, 4) is 67.9 Å². The number of imidazole rings is 2. The molecule has 0 radical (unpaired) electrons. The predicted octanol–water partition coefficient (Wildman–Crippen LogP) is 25.5. The molecule has 0 saturated heterocycles. The fourth-order valence-electron chi connectivity index (χ4n) is 15.3. The minimum Gasteiger partial charge on any atom is -0.232 e. The van der Waals surface area contributed by atoms with Gasteiger partial charge in [0, 0.05) is 90.3 Å². The van der Waals surface area contributed by atoms with E-state index in [9.17, 15) is 0 Å². The molecule has 0 aliphatic heterocycles. The molecule has 5 heterocycles. The Hall–Kier alpha value is -9.59. The highest BCUT2D eigenvalue weighted by atomic mass is 15.2. The van der Waals surface area contributed by atoms with E-state index in [1.165, 1.54) is 72.8 Å². The number of aryl methyl sites for hydroxylation is 14. The van der Waals surface area contributed by atoms with E-state index in [2.05, 4.69) is 244 Å². The molecule has 0 aliphatic carbocycles. The second-order valence-corrected chi connectivity index (χ2v) is 34.0. The van der Waals surface area contributed by atoms with E-state index < -0.39 is 44.2 Å². The molecule has 7 nitrogen and oxygen atoms in total. The van der Waals surface area contributed by atoms with E-state index >= 15 is 0 Å². The van der Waals surface area contributed by atoms with Crippen LogP contribution in [-0.4, -0.2) is 9.13 Å². The summed E-state index contributed by atoms with van der Waals surface area (Å²) in [4.78, 5) is 0. The summed E-state index contributed by atoms with van der Waals surface area (Å²) in [7, 11) is 10.1. The second kappa shape index (κ2) is 37.8. The van der Waals surface area contributed by atoms with E-state index in [0.29, 0.717) is 40.4 Å². The van der Waals surface area contributed by atoms with Gasteiger partial charge in [-0.25, -0.2) is 22.8 Å². The van der Waals surface area contributed by atoms with E-state index in [1.807, 2.05) is 173 Å².